The zero-order valence-electron chi connectivity index (χ0n) is 10.8. The number of fused-ring (bicyclic) bond motifs is 3. The number of aromatic nitrogens is 6. The summed E-state index contributed by atoms with van der Waals surface area (Å²) in [6, 6.07) is 4.27. The van der Waals surface area contributed by atoms with Gasteiger partial charge >= 0.3 is 0 Å². The minimum atomic E-state index is -0.362. The summed E-state index contributed by atoms with van der Waals surface area (Å²) in [5, 5.41) is 9.12. The molecule has 3 heterocycles. The Bertz CT molecular complexity index is 989. The Morgan fingerprint density at radius 2 is 2.10 bits per heavy atom. The third-order valence-electron chi connectivity index (χ3n) is 3.16. The lowest BCUT2D eigenvalue weighted by Gasteiger charge is -2.00. The first-order valence-electron chi connectivity index (χ1n) is 6.12. The maximum Gasteiger partial charge on any atom is 0.226 e. The molecule has 0 radical (unpaired) electrons. The summed E-state index contributed by atoms with van der Waals surface area (Å²) in [4.78, 5) is 8.63. The van der Waals surface area contributed by atoms with E-state index in [0.29, 0.717) is 22.4 Å². The van der Waals surface area contributed by atoms with Crippen molar-refractivity contribution in [2.75, 3.05) is 0 Å². The molecule has 4 rings (SSSR count). The molecule has 1 aromatic carbocycles. The van der Waals surface area contributed by atoms with Crippen LogP contribution in [0.25, 0.3) is 27.9 Å². The molecule has 0 atom stereocenters. The van der Waals surface area contributed by atoms with Gasteiger partial charge in [-0.1, -0.05) is 0 Å². The predicted octanol–water partition coefficient (Wildman–Crippen LogP) is 2.47. The van der Waals surface area contributed by atoms with Crippen molar-refractivity contribution < 1.29 is 4.39 Å². The van der Waals surface area contributed by atoms with Crippen molar-refractivity contribution in [1.82, 2.24) is 29.4 Å². The molecule has 0 aliphatic carbocycles. The van der Waals surface area contributed by atoms with Crippen LogP contribution in [0.1, 0.15) is 0 Å². The van der Waals surface area contributed by atoms with E-state index in [4.69, 9.17) is 11.6 Å². The Balaban J connectivity index is 2.08. The van der Waals surface area contributed by atoms with Gasteiger partial charge in [-0.15, -0.1) is 5.10 Å². The fourth-order valence-corrected chi connectivity index (χ4v) is 2.41. The van der Waals surface area contributed by atoms with E-state index in [0.717, 1.165) is 5.56 Å². The monoisotopic (exact) mass is 302 g/mol. The molecule has 4 aromatic rings. The second-order valence-corrected chi connectivity index (χ2v) is 4.95. The maximum atomic E-state index is 13.5. The van der Waals surface area contributed by atoms with Crippen molar-refractivity contribution in [3.8, 4) is 11.4 Å². The van der Waals surface area contributed by atoms with Crippen LogP contribution in [0.5, 0.6) is 0 Å². The second kappa shape index (κ2) is 4.23. The smallest absolute Gasteiger partial charge is 0.226 e. The van der Waals surface area contributed by atoms with Crippen molar-refractivity contribution in [3.63, 3.8) is 0 Å². The summed E-state index contributed by atoms with van der Waals surface area (Å²) in [6.45, 7) is 0. The normalized spacial score (nSPS) is 11.6. The summed E-state index contributed by atoms with van der Waals surface area (Å²) in [5.74, 6) is 0.100. The van der Waals surface area contributed by atoms with Crippen LogP contribution in [0, 0.1) is 5.82 Å². The van der Waals surface area contributed by atoms with E-state index < -0.39 is 0 Å². The lowest BCUT2D eigenvalue weighted by Crippen LogP contribution is -1.95. The molecule has 0 fully saturated rings. The molecule has 0 unspecified atom stereocenters. The van der Waals surface area contributed by atoms with Crippen molar-refractivity contribution >= 4 is 28.2 Å². The summed E-state index contributed by atoms with van der Waals surface area (Å²) >= 11 is 6.12. The molecule has 3 aromatic heterocycles. The van der Waals surface area contributed by atoms with Crippen LogP contribution >= 0.6 is 11.6 Å². The van der Waals surface area contributed by atoms with Gasteiger partial charge in [0.15, 0.2) is 11.5 Å². The first kappa shape index (κ1) is 12.2. The molecule has 21 heavy (non-hydrogen) atoms. The van der Waals surface area contributed by atoms with E-state index in [1.165, 1.54) is 16.6 Å². The highest BCUT2D eigenvalue weighted by Crippen LogP contribution is 2.24. The number of nitrogens with zero attached hydrogens (tertiary/aromatic N) is 6. The number of rotatable bonds is 1. The minimum Gasteiger partial charge on any atom is -0.275 e. The third-order valence-corrected chi connectivity index (χ3v) is 3.40. The largest absolute Gasteiger partial charge is 0.275 e. The lowest BCUT2D eigenvalue weighted by atomic mass is 10.2. The van der Waals surface area contributed by atoms with Crippen molar-refractivity contribution in [2.45, 2.75) is 0 Å². The Morgan fingerprint density at radius 1 is 1.24 bits per heavy atom. The number of aryl methyl sites for hydroxylation is 1. The highest BCUT2D eigenvalue weighted by Gasteiger charge is 2.14. The molecular weight excluding hydrogens is 295 g/mol. The van der Waals surface area contributed by atoms with Gasteiger partial charge in [0.2, 0.25) is 5.28 Å². The van der Waals surface area contributed by atoms with Gasteiger partial charge in [-0.3, -0.25) is 4.68 Å². The van der Waals surface area contributed by atoms with Crippen molar-refractivity contribution in [2.24, 2.45) is 7.05 Å². The van der Waals surface area contributed by atoms with Gasteiger partial charge < -0.3 is 0 Å². The van der Waals surface area contributed by atoms with Gasteiger partial charge in [-0.05, 0) is 29.8 Å². The molecule has 0 aliphatic rings. The van der Waals surface area contributed by atoms with Crippen LogP contribution in [-0.2, 0) is 7.05 Å². The molecule has 0 bridgehead atoms. The van der Waals surface area contributed by atoms with E-state index >= 15 is 0 Å². The Labute approximate surface area is 122 Å². The van der Waals surface area contributed by atoms with E-state index in [1.807, 2.05) is 0 Å². The van der Waals surface area contributed by atoms with Crippen LogP contribution in [0.15, 0.2) is 30.6 Å². The van der Waals surface area contributed by atoms with Crippen LogP contribution in [0.2, 0.25) is 5.28 Å². The van der Waals surface area contributed by atoms with Crippen LogP contribution in [-0.4, -0.2) is 29.4 Å². The number of hydrogen-bond donors (Lipinski definition) is 0. The molecule has 0 saturated heterocycles. The second-order valence-electron chi connectivity index (χ2n) is 4.62. The van der Waals surface area contributed by atoms with Gasteiger partial charge in [0.05, 0.1) is 17.3 Å². The first-order valence-corrected chi connectivity index (χ1v) is 6.50. The molecule has 104 valence electrons. The van der Waals surface area contributed by atoms with Gasteiger partial charge in [0.1, 0.15) is 5.82 Å². The molecule has 0 aliphatic heterocycles. The third kappa shape index (κ3) is 1.85. The molecule has 0 amide bonds. The van der Waals surface area contributed by atoms with Crippen LogP contribution < -0.4 is 0 Å². The van der Waals surface area contributed by atoms with E-state index in [-0.39, 0.29) is 11.1 Å². The van der Waals surface area contributed by atoms with Gasteiger partial charge in [0.25, 0.3) is 0 Å². The molecule has 8 heteroatoms. The minimum absolute atomic E-state index is 0.173. The van der Waals surface area contributed by atoms with E-state index in [9.17, 15) is 4.39 Å². The van der Waals surface area contributed by atoms with Gasteiger partial charge in [-0.25, -0.2) is 14.4 Å². The summed E-state index contributed by atoms with van der Waals surface area (Å²) < 4.78 is 16.5. The predicted molar refractivity (Wildman–Crippen MR) is 75.5 cm³/mol. The fraction of sp³-hybridized carbons (Fsp3) is 0.0769. The zero-order chi connectivity index (χ0) is 14.6. The quantitative estimate of drug-likeness (QED) is 0.507. The van der Waals surface area contributed by atoms with E-state index in [1.54, 1.807) is 30.2 Å². The van der Waals surface area contributed by atoms with Crippen molar-refractivity contribution in [1.29, 1.82) is 0 Å². The highest BCUT2D eigenvalue weighted by atomic mass is 35.5. The highest BCUT2D eigenvalue weighted by molar-refractivity contribution is 6.29. The first-order chi connectivity index (χ1) is 10.1. The average Bonchev–Trinajstić information content (AvgIpc) is 3.06. The Morgan fingerprint density at radius 3 is 2.86 bits per heavy atom. The van der Waals surface area contributed by atoms with Crippen LogP contribution in [0.3, 0.4) is 0 Å². The number of benzene rings is 1. The van der Waals surface area contributed by atoms with Crippen molar-refractivity contribution in [3.05, 3.63) is 41.7 Å². The van der Waals surface area contributed by atoms with Crippen LogP contribution in [0.4, 0.5) is 4.39 Å². The molecular formula is C13H8ClFN6. The Kier molecular flexibility index (Phi) is 2.46. The van der Waals surface area contributed by atoms with Gasteiger partial charge in [0, 0.05) is 18.6 Å². The fourth-order valence-electron chi connectivity index (χ4n) is 2.21. The maximum absolute atomic E-state index is 13.5. The Hall–Kier alpha value is -2.54. The van der Waals surface area contributed by atoms with E-state index in [2.05, 4.69) is 20.2 Å². The summed E-state index contributed by atoms with van der Waals surface area (Å²) in [5.41, 5.74) is 1.78. The SMILES string of the molecule is Cn1cc(-c2nc3c4cc(F)ccc4nc(Cl)n3n2)cn1. The van der Waals surface area contributed by atoms with Gasteiger partial charge in [-0.2, -0.15) is 9.61 Å². The molecule has 0 saturated carbocycles. The molecule has 6 nitrogen and oxygen atoms in total. The molecule has 0 spiro atoms. The molecule has 0 N–H and O–H groups in total. The topological polar surface area (TPSA) is 60.9 Å². The zero-order valence-corrected chi connectivity index (χ0v) is 11.6. The average molecular weight is 303 g/mol. The number of hydrogen-bond acceptors (Lipinski definition) is 4. The standard InChI is InChI=1S/C13H8ClFN6/c1-20-6-7(5-16-20)11-18-12-9-4-8(15)2-3-10(9)17-13(14)21(12)19-11/h2-6H,1H3. The summed E-state index contributed by atoms with van der Waals surface area (Å²) in [6.07, 6.45) is 3.44. The number of halogens is 2. The summed E-state index contributed by atoms with van der Waals surface area (Å²) in [7, 11) is 1.80. The lowest BCUT2D eigenvalue weighted by molar-refractivity contribution is 0.629.